The third-order valence-electron chi connectivity index (χ3n) is 4.67. The summed E-state index contributed by atoms with van der Waals surface area (Å²) in [5, 5.41) is 3.77. The standard InChI is InChI=1S/C20H22N2S/c1-2-6-17(7-3-1)14-21-10-12-22(13-11-21)15-18-16-23-20-9-5-4-8-19(18)20/h1-9,16H,10-15H2. The van der Waals surface area contributed by atoms with Crippen LogP contribution in [0.4, 0.5) is 0 Å². The average molecular weight is 322 g/mol. The Morgan fingerprint density at radius 3 is 2.17 bits per heavy atom. The van der Waals surface area contributed by atoms with Crippen molar-refractivity contribution in [1.29, 1.82) is 0 Å². The van der Waals surface area contributed by atoms with Crippen molar-refractivity contribution in [2.45, 2.75) is 13.1 Å². The predicted molar refractivity (Wildman–Crippen MR) is 98.8 cm³/mol. The summed E-state index contributed by atoms with van der Waals surface area (Å²) >= 11 is 1.87. The van der Waals surface area contributed by atoms with Gasteiger partial charge >= 0.3 is 0 Å². The Labute approximate surface area is 142 Å². The third-order valence-corrected chi connectivity index (χ3v) is 5.68. The highest BCUT2D eigenvalue weighted by Crippen LogP contribution is 2.27. The number of hydrogen-bond donors (Lipinski definition) is 0. The van der Waals surface area contributed by atoms with Crippen LogP contribution in [0.15, 0.2) is 60.0 Å². The molecule has 3 aromatic rings. The Bertz CT molecular complexity index is 757. The maximum Gasteiger partial charge on any atom is 0.0346 e. The van der Waals surface area contributed by atoms with Crippen molar-refractivity contribution < 1.29 is 0 Å². The van der Waals surface area contributed by atoms with E-state index >= 15 is 0 Å². The van der Waals surface area contributed by atoms with E-state index in [1.807, 2.05) is 11.3 Å². The van der Waals surface area contributed by atoms with E-state index in [2.05, 4.69) is 69.8 Å². The van der Waals surface area contributed by atoms with E-state index in [-0.39, 0.29) is 0 Å². The summed E-state index contributed by atoms with van der Waals surface area (Å²) in [5.74, 6) is 0. The van der Waals surface area contributed by atoms with Gasteiger partial charge in [0.05, 0.1) is 0 Å². The Kier molecular flexibility index (Phi) is 4.42. The molecule has 0 spiro atoms. The van der Waals surface area contributed by atoms with Crippen molar-refractivity contribution in [3.63, 3.8) is 0 Å². The molecule has 0 aliphatic carbocycles. The number of fused-ring (bicyclic) bond motifs is 1. The van der Waals surface area contributed by atoms with Gasteiger partial charge in [0.25, 0.3) is 0 Å². The number of rotatable bonds is 4. The summed E-state index contributed by atoms with van der Waals surface area (Å²) in [6, 6.07) is 19.6. The lowest BCUT2D eigenvalue weighted by atomic mass is 10.1. The van der Waals surface area contributed by atoms with Gasteiger partial charge in [-0.1, -0.05) is 48.5 Å². The number of benzene rings is 2. The molecule has 0 bridgehead atoms. The molecule has 23 heavy (non-hydrogen) atoms. The summed E-state index contributed by atoms with van der Waals surface area (Å²) in [7, 11) is 0. The molecular weight excluding hydrogens is 300 g/mol. The molecule has 2 heterocycles. The normalized spacial score (nSPS) is 16.9. The first-order chi connectivity index (χ1) is 11.4. The van der Waals surface area contributed by atoms with Crippen LogP contribution in [0.2, 0.25) is 0 Å². The van der Waals surface area contributed by atoms with Crippen LogP contribution in [0, 0.1) is 0 Å². The summed E-state index contributed by atoms with van der Waals surface area (Å²) in [6.45, 7) is 6.82. The summed E-state index contributed by atoms with van der Waals surface area (Å²) in [4.78, 5) is 5.16. The zero-order valence-corrected chi connectivity index (χ0v) is 14.1. The Morgan fingerprint density at radius 1 is 0.739 bits per heavy atom. The zero-order chi connectivity index (χ0) is 15.5. The first kappa shape index (κ1) is 14.9. The number of thiophene rings is 1. The molecule has 1 aliphatic rings. The van der Waals surface area contributed by atoms with Gasteiger partial charge in [-0.25, -0.2) is 0 Å². The fourth-order valence-electron chi connectivity index (χ4n) is 3.34. The number of piperazine rings is 1. The van der Waals surface area contributed by atoms with Crippen LogP contribution in [0.5, 0.6) is 0 Å². The summed E-state index contributed by atoms with van der Waals surface area (Å²) in [6.07, 6.45) is 0. The zero-order valence-electron chi connectivity index (χ0n) is 13.3. The van der Waals surface area contributed by atoms with Crippen LogP contribution in [-0.4, -0.2) is 36.0 Å². The third kappa shape index (κ3) is 3.47. The topological polar surface area (TPSA) is 6.48 Å². The highest BCUT2D eigenvalue weighted by Gasteiger charge is 2.18. The SMILES string of the molecule is c1ccc(CN2CCN(Cc3csc4ccccc34)CC2)cc1. The lowest BCUT2D eigenvalue weighted by Gasteiger charge is -2.34. The van der Waals surface area contributed by atoms with Gasteiger partial charge in [-0.2, -0.15) is 0 Å². The Hall–Kier alpha value is -1.68. The van der Waals surface area contributed by atoms with Gasteiger partial charge in [-0.3, -0.25) is 9.80 Å². The minimum atomic E-state index is 1.08. The second kappa shape index (κ2) is 6.83. The molecule has 2 aromatic carbocycles. The lowest BCUT2D eigenvalue weighted by Crippen LogP contribution is -2.45. The van der Waals surface area contributed by atoms with Crippen LogP contribution in [-0.2, 0) is 13.1 Å². The van der Waals surface area contributed by atoms with Gasteiger partial charge in [0.2, 0.25) is 0 Å². The molecule has 3 heteroatoms. The van der Waals surface area contributed by atoms with Crippen LogP contribution < -0.4 is 0 Å². The molecule has 1 aliphatic heterocycles. The molecule has 4 rings (SSSR count). The molecule has 0 saturated carbocycles. The van der Waals surface area contributed by atoms with Crippen molar-refractivity contribution in [3.8, 4) is 0 Å². The first-order valence-corrected chi connectivity index (χ1v) is 9.20. The van der Waals surface area contributed by atoms with Gasteiger partial charge in [0, 0.05) is 44.0 Å². The molecule has 0 amide bonds. The van der Waals surface area contributed by atoms with Gasteiger partial charge in [0.15, 0.2) is 0 Å². The molecule has 0 radical (unpaired) electrons. The first-order valence-electron chi connectivity index (χ1n) is 8.32. The van der Waals surface area contributed by atoms with Crippen molar-refractivity contribution in [2.75, 3.05) is 26.2 Å². The molecule has 0 unspecified atom stereocenters. The van der Waals surface area contributed by atoms with Crippen molar-refractivity contribution >= 4 is 21.4 Å². The Morgan fingerprint density at radius 2 is 1.39 bits per heavy atom. The van der Waals surface area contributed by atoms with E-state index in [0.717, 1.165) is 39.3 Å². The predicted octanol–water partition coefficient (Wildman–Crippen LogP) is 4.22. The van der Waals surface area contributed by atoms with E-state index in [9.17, 15) is 0 Å². The number of nitrogens with zero attached hydrogens (tertiary/aromatic N) is 2. The molecule has 0 atom stereocenters. The Balaban J connectivity index is 1.35. The van der Waals surface area contributed by atoms with E-state index in [0.29, 0.717) is 0 Å². The van der Waals surface area contributed by atoms with Gasteiger partial charge in [-0.15, -0.1) is 11.3 Å². The fourth-order valence-corrected chi connectivity index (χ4v) is 4.30. The molecule has 1 aromatic heterocycles. The van der Waals surface area contributed by atoms with Crippen molar-refractivity contribution in [2.24, 2.45) is 0 Å². The minimum absolute atomic E-state index is 1.08. The maximum atomic E-state index is 2.59. The van der Waals surface area contributed by atoms with E-state index < -0.39 is 0 Å². The fraction of sp³-hybridized carbons (Fsp3) is 0.300. The maximum absolute atomic E-state index is 2.59. The summed E-state index contributed by atoms with van der Waals surface area (Å²) < 4.78 is 1.41. The second-order valence-electron chi connectivity index (χ2n) is 6.29. The van der Waals surface area contributed by atoms with Crippen molar-refractivity contribution in [1.82, 2.24) is 9.80 Å². The quantitative estimate of drug-likeness (QED) is 0.709. The van der Waals surface area contributed by atoms with Crippen LogP contribution >= 0.6 is 11.3 Å². The lowest BCUT2D eigenvalue weighted by molar-refractivity contribution is 0.122. The van der Waals surface area contributed by atoms with E-state index in [1.165, 1.54) is 21.2 Å². The van der Waals surface area contributed by atoms with Crippen LogP contribution in [0.3, 0.4) is 0 Å². The highest BCUT2D eigenvalue weighted by atomic mass is 32.1. The second-order valence-corrected chi connectivity index (χ2v) is 7.21. The largest absolute Gasteiger partial charge is 0.297 e. The van der Waals surface area contributed by atoms with E-state index in [4.69, 9.17) is 0 Å². The average Bonchev–Trinajstić information content (AvgIpc) is 3.01. The van der Waals surface area contributed by atoms with Crippen LogP contribution in [0.25, 0.3) is 10.1 Å². The molecular formula is C20H22N2S. The number of hydrogen-bond acceptors (Lipinski definition) is 3. The van der Waals surface area contributed by atoms with Crippen molar-refractivity contribution in [3.05, 3.63) is 71.1 Å². The highest BCUT2D eigenvalue weighted by molar-refractivity contribution is 7.17. The molecule has 1 fully saturated rings. The molecule has 0 N–H and O–H groups in total. The van der Waals surface area contributed by atoms with E-state index in [1.54, 1.807) is 0 Å². The minimum Gasteiger partial charge on any atom is -0.297 e. The molecule has 1 saturated heterocycles. The molecule has 2 nitrogen and oxygen atoms in total. The smallest absolute Gasteiger partial charge is 0.0346 e. The van der Waals surface area contributed by atoms with Crippen LogP contribution in [0.1, 0.15) is 11.1 Å². The van der Waals surface area contributed by atoms with Gasteiger partial charge < -0.3 is 0 Å². The monoisotopic (exact) mass is 322 g/mol. The molecule has 118 valence electrons. The van der Waals surface area contributed by atoms with Gasteiger partial charge in [0.1, 0.15) is 0 Å². The summed E-state index contributed by atoms with van der Waals surface area (Å²) in [5.41, 5.74) is 2.91. The van der Waals surface area contributed by atoms with Gasteiger partial charge in [-0.05, 0) is 28.0 Å².